The van der Waals surface area contributed by atoms with Crippen LogP contribution in [0.2, 0.25) is 0 Å². The van der Waals surface area contributed by atoms with Crippen LogP contribution < -0.4 is 9.80 Å². The van der Waals surface area contributed by atoms with Gasteiger partial charge in [0, 0.05) is 45.5 Å². The molecule has 0 spiro atoms. The number of sulfonamides is 1. The number of β-amino-alcohol motifs (C(OH)–C–C–N with tert-alkyl or cyclic N) is 1. The van der Waals surface area contributed by atoms with Crippen molar-refractivity contribution in [1.29, 1.82) is 0 Å². The summed E-state index contributed by atoms with van der Waals surface area (Å²) in [5, 5.41) is 9.65. The molecule has 0 aliphatic carbocycles. The first kappa shape index (κ1) is 16.4. The lowest BCUT2D eigenvalue weighted by molar-refractivity contribution is 0.198. The lowest BCUT2D eigenvalue weighted by atomic mass is 10.3. The molecule has 2 fully saturated rings. The molecule has 0 saturated carbocycles. The number of hydrogen-bond acceptors (Lipinski definition) is 7. The van der Waals surface area contributed by atoms with Crippen LogP contribution >= 0.6 is 0 Å². The molecule has 2 aliphatic heterocycles. The Kier molecular flexibility index (Phi) is 4.69. The van der Waals surface area contributed by atoms with Crippen molar-refractivity contribution in [2.45, 2.75) is 19.4 Å². The van der Waals surface area contributed by atoms with Crippen LogP contribution in [0.1, 0.15) is 13.3 Å². The van der Waals surface area contributed by atoms with E-state index >= 15 is 0 Å². The maximum absolute atomic E-state index is 11.9. The fraction of sp³-hybridized carbons (Fsp3) is 0.714. The third kappa shape index (κ3) is 3.56. The molecule has 0 amide bonds. The molecular formula is C14H23N5O3S. The highest BCUT2D eigenvalue weighted by molar-refractivity contribution is 7.89. The number of aliphatic hydroxyl groups is 1. The molecule has 0 unspecified atom stereocenters. The van der Waals surface area contributed by atoms with E-state index in [1.165, 1.54) is 4.31 Å². The van der Waals surface area contributed by atoms with Gasteiger partial charge < -0.3 is 14.9 Å². The summed E-state index contributed by atoms with van der Waals surface area (Å²) in [5.41, 5.74) is 0. The van der Waals surface area contributed by atoms with Crippen molar-refractivity contribution in [3.05, 3.63) is 12.3 Å². The first-order valence-corrected chi connectivity index (χ1v) is 9.59. The Morgan fingerprint density at radius 2 is 1.96 bits per heavy atom. The lowest BCUT2D eigenvalue weighted by Crippen LogP contribution is -2.49. The normalized spacial score (nSPS) is 23.5. The first-order chi connectivity index (χ1) is 11.0. The summed E-state index contributed by atoms with van der Waals surface area (Å²) < 4.78 is 25.3. The molecule has 1 atom stereocenters. The maximum atomic E-state index is 11.9. The van der Waals surface area contributed by atoms with Gasteiger partial charge in [0.05, 0.1) is 11.9 Å². The van der Waals surface area contributed by atoms with Crippen molar-refractivity contribution in [3.8, 4) is 0 Å². The minimum Gasteiger partial charge on any atom is -0.391 e. The Labute approximate surface area is 136 Å². The summed E-state index contributed by atoms with van der Waals surface area (Å²) in [6, 6.07) is 1.85. The van der Waals surface area contributed by atoms with Crippen molar-refractivity contribution >= 4 is 21.8 Å². The number of aromatic nitrogens is 2. The van der Waals surface area contributed by atoms with E-state index in [9.17, 15) is 13.5 Å². The Morgan fingerprint density at radius 1 is 1.22 bits per heavy atom. The van der Waals surface area contributed by atoms with E-state index in [0.29, 0.717) is 38.7 Å². The molecule has 128 valence electrons. The first-order valence-electron chi connectivity index (χ1n) is 7.98. The zero-order valence-electron chi connectivity index (χ0n) is 13.3. The molecule has 23 heavy (non-hydrogen) atoms. The van der Waals surface area contributed by atoms with Crippen molar-refractivity contribution in [2.24, 2.45) is 0 Å². The SMILES string of the molecule is CCS(=O)(=O)N1CCN(c2nccc(N3CC[C@@H](O)C3)n2)CC1. The molecule has 0 bridgehead atoms. The van der Waals surface area contributed by atoms with Crippen LogP contribution in [0.25, 0.3) is 0 Å². The van der Waals surface area contributed by atoms with Gasteiger partial charge in [0.2, 0.25) is 16.0 Å². The third-order valence-corrected chi connectivity index (χ3v) is 6.28. The van der Waals surface area contributed by atoms with Gasteiger partial charge in [-0.05, 0) is 19.4 Å². The van der Waals surface area contributed by atoms with E-state index in [4.69, 9.17) is 0 Å². The average molecular weight is 341 g/mol. The minimum atomic E-state index is -3.12. The number of aliphatic hydroxyl groups excluding tert-OH is 1. The summed E-state index contributed by atoms with van der Waals surface area (Å²) >= 11 is 0. The summed E-state index contributed by atoms with van der Waals surface area (Å²) in [7, 11) is -3.12. The quantitative estimate of drug-likeness (QED) is 0.791. The zero-order valence-corrected chi connectivity index (χ0v) is 14.1. The molecule has 2 aliphatic rings. The van der Waals surface area contributed by atoms with Crippen LogP contribution in [0.4, 0.5) is 11.8 Å². The molecule has 2 saturated heterocycles. The van der Waals surface area contributed by atoms with Gasteiger partial charge in [-0.1, -0.05) is 0 Å². The minimum absolute atomic E-state index is 0.135. The molecule has 3 heterocycles. The van der Waals surface area contributed by atoms with Crippen molar-refractivity contribution < 1.29 is 13.5 Å². The van der Waals surface area contributed by atoms with Gasteiger partial charge >= 0.3 is 0 Å². The van der Waals surface area contributed by atoms with Gasteiger partial charge in [-0.25, -0.2) is 13.4 Å². The van der Waals surface area contributed by atoms with E-state index in [0.717, 1.165) is 18.8 Å². The number of rotatable bonds is 4. The van der Waals surface area contributed by atoms with Gasteiger partial charge in [0.15, 0.2) is 0 Å². The molecule has 0 aromatic carbocycles. The van der Waals surface area contributed by atoms with E-state index in [1.807, 2.05) is 15.9 Å². The Morgan fingerprint density at radius 3 is 2.57 bits per heavy atom. The van der Waals surface area contributed by atoms with Crippen molar-refractivity contribution in [1.82, 2.24) is 14.3 Å². The summed E-state index contributed by atoms with van der Waals surface area (Å²) in [5.74, 6) is 1.57. The number of piperazine rings is 1. The van der Waals surface area contributed by atoms with Gasteiger partial charge in [-0.2, -0.15) is 9.29 Å². The molecule has 9 heteroatoms. The average Bonchev–Trinajstić information content (AvgIpc) is 3.02. The van der Waals surface area contributed by atoms with E-state index in [1.54, 1.807) is 13.1 Å². The second-order valence-electron chi connectivity index (χ2n) is 5.89. The zero-order chi connectivity index (χ0) is 16.4. The smallest absolute Gasteiger partial charge is 0.227 e. The molecule has 0 radical (unpaired) electrons. The van der Waals surface area contributed by atoms with Crippen LogP contribution in [-0.2, 0) is 10.0 Å². The Hall–Kier alpha value is -1.45. The maximum Gasteiger partial charge on any atom is 0.227 e. The Balaban J connectivity index is 1.67. The largest absolute Gasteiger partial charge is 0.391 e. The number of hydrogen-bond donors (Lipinski definition) is 1. The monoisotopic (exact) mass is 341 g/mol. The molecule has 3 rings (SSSR count). The second-order valence-corrected chi connectivity index (χ2v) is 8.15. The van der Waals surface area contributed by atoms with Crippen LogP contribution in [0.3, 0.4) is 0 Å². The van der Waals surface area contributed by atoms with Crippen LogP contribution in [-0.4, -0.2) is 78.9 Å². The molecule has 8 nitrogen and oxygen atoms in total. The van der Waals surface area contributed by atoms with E-state index in [-0.39, 0.29) is 11.9 Å². The predicted octanol–water partition coefficient (Wildman–Crippen LogP) is -0.481. The third-order valence-electron chi connectivity index (χ3n) is 4.40. The van der Waals surface area contributed by atoms with Gasteiger partial charge in [-0.3, -0.25) is 0 Å². The lowest BCUT2D eigenvalue weighted by Gasteiger charge is -2.34. The fourth-order valence-electron chi connectivity index (χ4n) is 2.97. The van der Waals surface area contributed by atoms with Crippen LogP contribution in [0.5, 0.6) is 0 Å². The highest BCUT2D eigenvalue weighted by atomic mass is 32.2. The summed E-state index contributed by atoms with van der Waals surface area (Å²) in [4.78, 5) is 13.0. The molecular weight excluding hydrogens is 318 g/mol. The standard InChI is InChI=1S/C14H23N5O3S/c1-2-23(21,22)19-9-7-17(8-10-19)14-15-5-3-13(16-14)18-6-4-12(20)11-18/h3,5,12,20H,2,4,6-11H2,1H3/t12-/m1/s1. The highest BCUT2D eigenvalue weighted by Gasteiger charge is 2.27. The molecule has 1 aromatic rings. The number of anilines is 2. The second kappa shape index (κ2) is 6.58. The van der Waals surface area contributed by atoms with E-state index in [2.05, 4.69) is 9.97 Å². The Bertz CT molecular complexity index is 646. The van der Waals surface area contributed by atoms with Crippen LogP contribution in [0.15, 0.2) is 12.3 Å². The summed E-state index contributed by atoms with van der Waals surface area (Å²) in [6.45, 7) is 5.16. The van der Waals surface area contributed by atoms with Gasteiger partial charge in [-0.15, -0.1) is 0 Å². The molecule has 1 aromatic heterocycles. The topological polar surface area (TPSA) is 89.9 Å². The van der Waals surface area contributed by atoms with Gasteiger partial charge in [0.25, 0.3) is 0 Å². The highest BCUT2D eigenvalue weighted by Crippen LogP contribution is 2.21. The molecule has 1 N–H and O–H groups in total. The summed E-state index contributed by atoms with van der Waals surface area (Å²) in [6.07, 6.45) is 2.18. The fourth-order valence-corrected chi connectivity index (χ4v) is 4.05. The van der Waals surface area contributed by atoms with Gasteiger partial charge in [0.1, 0.15) is 5.82 Å². The van der Waals surface area contributed by atoms with Crippen LogP contribution in [0, 0.1) is 0 Å². The van der Waals surface area contributed by atoms with Crippen molar-refractivity contribution in [2.75, 3.05) is 54.8 Å². The number of nitrogens with zero attached hydrogens (tertiary/aromatic N) is 5. The predicted molar refractivity (Wildman–Crippen MR) is 88.1 cm³/mol. The van der Waals surface area contributed by atoms with E-state index < -0.39 is 10.0 Å². The van der Waals surface area contributed by atoms with Crippen molar-refractivity contribution in [3.63, 3.8) is 0 Å².